The molecule has 1 atom stereocenters. The number of aryl methyl sites for hydroxylation is 2. The maximum absolute atomic E-state index is 12.9. The second kappa shape index (κ2) is 7.24. The van der Waals surface area contributed by atoms with Crippen molar-refractivity contribution in [3.8, 4) is 17.0 Å². The van der Waals surface area contributed by atoms with Gasteiger partial charge in [-0.25, -0.2) is 4.98 Å². The number of amides is 1. The van der Waals surface area contributed by atoms with E-state index in [4.69, 9.17) is 4.74 Å². The third kappa shape index (κ3) is 3.34. The largest absolute Gasteiger partial charge is 0.488 e. The number of hydrogen-bond donors (Lipinski definition) is 1. The molecule has 1 unspecified atom stereocenters. The van der Waals surface area contributed by atoms with Crippen LogP contribution in [0.15, 0.2) is 54.7 Å². The van der Waals surface area contributed by atoms with Gasteiger partial charge in [0.1, 0.15) is 11.9 Å². The predicted molar refractivity (Wildman–Crippen MR) is 115 cm³/mol. The Kier molecular flexibility index (Phi) is 4.54. The van der Waals surface area contributed by atoms with Gasteiger partial charge in [0.15, 0.2) is 0 Å². The Bertz CT molecular complexity index is 1110. The van der Waals surface area contributed by atoms with E-state index >= 15 is 0 Å². The number of hydrogen-bond acceptors (Lipinski definition) is 4. The maximum Gasteiger partial charge on any atom is 0.230 e. The summed E-state index contributed by atoms with van der Waals surface area (Å²) >= 11 is 0. The van der Waals surface area contributed by atoms with E-state index in [1.165, 1.54) is 0 Å². The number of aromatic nitrogens is 2. The van der Waals surface area contributed by atoms with E-state index in [9.17, 15) is 4.79 Å². The maximum atomic E-state index is 12.9. The van der Waals surface area contributed by atoms with Crippen LogP contribution >= 0.6 is 0 Å². The van der Waals surface area contributed by atoms with Crippen LogP contribution in [0.5, 0.6) is 5.75 Å². The van der Waals surface area contributed by atoms with E-state index in [0.29, 0.717) is 6.54 Å². The van der Waals surface area contributed by atoms with Gasteiger partial charge in [-0.2, -0.15) is 0 Å². The fourth-order valence-electron chi connectivity index (χ4n) is 4.30. The lowest BCUT2D eigenvalue weighted by Gasteiger charge is -2.18. The molecule has 1 saturated carbocycles. The van der Waals surface area contributed by atoms with Crippen molar-refractivity contribution in [2.75, 3.05) is 6.54 Å². The summed E-state index contributed by atoms with van der Waals surface area (Å²) in [6.07, 6.45) is 4.34. The van der Waals surface area contributed by atoms with Crippen LogP contribution in [0.25, 0.3) is 11.3 Å². The van der Waals surface area contributed by atoms with Gasteiger partial charge in [0.05, 0.1) is 29.0 Å². The number of carbonyl (C=O) groups is 1. The summed E-state index contributed by atoms with van der Waals surface area (Å²) in [5.41, 5.74) is 5.70. The highest BCUT2D eigenvalue weighted by Gasteiger charge is 2.51. The molecule has 1 aliphatic carbocycles. The first-order valence-corrected chi connectivity index (χ1v) is 10.5. The van der Waals surface area contributed by atoms with Crippen LogP contribution < -0.4 is 10.1 Å². The van der Waals surface area contributed by atoms with Crippen molar-refractivity contribution in [2.45, 2.75) is 44.6 Å². The molecule has 1 fully saturated rings. The first kappa shape index (κ1) is 18.8. The van der Waals surface area contributed by atoms with Crippen molar-refractivity contribution < 1.29 is 9.53 Å². The molecule has 0 bridgehead atoms. The van der Waals surface area contributed by atoms with E-state index in [-0.39, 0.29) is 17.4 Å². The molecule has 0 saturated heterocycles. The third-order valence-corrected chi connectivity index (χ3v) is 6.15. The average molecular weight is 399 g/mol. The lowest BCUT2D eigenvalue weighted by molar-refractivity contribution is -0.123. The highest BCUT2D eigenvalue weighted by atomic mass is 16.5. The standard InChI is InChI=1S/C25H25N3O2/c1-16-14-26-17(2)23(28-16)18-8-9-22-19(12-18)13-21(30-22)15-27-24(29)25(10-11-25)20-6-4-3-5-7-20/h3-9,12,14,21H,10-11,13,15H2,1-2H3,(H,27,29). The lowest BCUT2D eigenvalue weighted by Crippen LogP contribution is -2.40. The average Bonchev–Trinajstić information content (AvgIpc) is 3.48. The minimum atomic E-state index is -0.346. The second-order valence-corrected chi connectivity index (χ2v) is 8.37. The number of fused-ring (bicyclic) bond motifs is 1. The fraction of sp³-hybridized carbons (Fsp3) is 0.320. The summed E-state index contributed by atoms with van der Waals surface area (Å²) in [5, 5.41) is 3.14. The van der Waals surface area contributed by atoms with Gasteiger partial charge in [-0.1, -0.05) is 30.3 Å². The van der Waals surface area contributed by atoms with Crippen molar-refractivity contribution in [3.05, 3.63) is 77.2 Å². The molecule has 5 nitrogen and oxygen atoms in total. The first-order valence-electron chi connectivity index (χ1n) is 10.5. The first-order chi connectivity index (χ1) is 14.5. The molecule has 3 aromatic rings. The minimum absolute atomic E-state index is 0.0459. The molecule has 1 amide bonds. The number of ether oxygens (including phenoxy) is 1. The van der Waals surface area contributed by atoms with Crippen molar-refractivity contribution in [3.63, 3.8) is 0 Å². The van der Waals surface area contributed by atoms with Gasteiger partial charge in [0, 0.05) is 18.2 Å². The molecular formula is C25H25N3O2. The van der Waals surface area contributed by atoms with Crippen LogP contribution in [-0.4, -0.2) is 28.5 Å². The highest BCUT2D eigenvalue weighted by molar-refractivity contribution is 5.91. The smallest absolute Gasteiger partial charge is 0.230 e. The number of carbonyl (C=O) groups excluding carboxylic acids is 1. The Morgan fingerprint density at radius 2 is 1.97 bits per heavy atom. The number of rotatable bonds is 5. The van der Waals surface area contributed by atoms with E-state index in [1.54, 1.807) is 6.20 Å². The topological polar surface area (TPSA) is 64.1 Å². The molecule has 1 aromatic heterocycles. The van der Waals surface area contributed by atoms with Crippen molar-refractivity contribution in [1.82, 2.24) is 15.3 Å². The van der Waals surface area contributed by atoms with Crippen LogP contribution in [-0.2, 0) is 16.6 Å². The SMILES string of the molecule is Cc1cnc(C)c(-c2ccc3c(c2)CC(CNC(=O)C2(c4ccccc4)CC2)O3)n1. The molecule has 5 heteroatoms. The molecule has 1 aliphatic heterocycles. The fourth-order valence-corrected chi connectivity index (χ4v) is 4.30. The normalized spacial score (nSPS) is 18.4. The van der Waals surface area contributed by atoms with Gasteiger partial charge in [0.25, 0.3) is 0 Å². The molecule has 0 spiro atoms. The summed E-state index contributed by atoms with van der Waals surface area (Å²) in [6, 6.07) is 16.2. The zero-order chi connectivity index (χ0) is 20.7. The molecule has 1 N–H and O–H groups in total. The second-order valence-electron chi connectivity index (χ2n) is 8.37. The monoisotopic (exact) mass is 399 g/mol. The van der Waals surface area contributed by atoms with Gasteiger partial charge in [-0.3, -0.25) is 9.78 Å². The Morgan fingerprint density at radius 1 is 1.17 bits per heavy atom. The van der Waals surface area contributed by atoms with Crippen LogP contribution in [0.3, 0.4) is 0 Å². The molecule has 30 heavy (non-hydrogen) atoms. The van der Waals surface area contributed by atoms with Gasteiger partial charge < -0.3 is 10.1 Å². The van der Waals surface area contributed by atoms with E-state index in [1.807, 2.05) is 56.3 Å². The van der Waals surface area contributed by atoms with Crippen molar-refractivity contribution in [2.24, 2.45) is 0 Å². The molecule has 2 aliphatic rings. The third-order valence-electron chi connectivity index (χ3n) is 6.15. The van der Waals surface area contributed by atoms with E-state index in [2.05, 4.69) is 21.4 Å². The lowest BCUT2D eigenvalue weighted by atomic mass is 9.95. The minimum Gasteiger partial charge on any atom is -0.488 e. The van der Waals surface area contributed by atoms with Gasteiger partial charge in [-0.05, 0) is 56.0 Å². The Hall–Kier alpha value is -3.21. The summed E-state index contributed by atoms with van der Waals surface area (Å²) in [7, 11) is 0. The van der Waals surface area contributed by atoms with Crippen molar-refractivity contribution >= 4 is 5.91 Å². The summed E-state index contributed by atoms with van der Waals surface area (Å²) in [4.78, 5) is 22.0. The quantitative estimate of drug-likeness (QED) is 0.706. The molecule has 2 heterocycles. The zero-order valence-corrected chi connectivity index (χ0v) is 17.3. The Labute approximate surface area is 176 Å². The van der Waals surface area contributed by atoms with Crippen LogP contribution in [0.2, 0.25) is 0 Å². The highest BCUT2D eigenvalue weighted by Crippen LogP contribution is 2.48. The predicted octanol–water partition coefficient (Wildman–Crippen LogP) is 3.91. The summed E-state index contributed by atoms with van der Waals surface area (Å²) in [6.45, 7) is 4.44. The van der Waals surface area contributed by atoms with Crippen molar-refractivity contribution in [1.29, 1.82) is 0 Å². The van der Waals surface area contributed by atoms with Crippen LogP contribution in [0.1, 0.15) is 35.4 Å². The number of benzene rings is 2. The van der Waals surface area contributed by atoms with Gasteiger partial charge in [-0.15, -0.1) is 0 Å². The van der Waals surface area contributed by atoms with Gasteiger partial charge >= 0.3 is 0 Å². The Balaban J connectivity index is 1.26. The van der Waals surface area contributed by atoms with Crippen LogP contribution in [0.4, 0.5) is 0 Å². The van der Waals surface area contributed by atoms with E-state index in [0.717, 1.165) is 58.8 Å². The summed E-state index contributed by atoms with van der Waals surface area (Å²) in [5.74, 6) is 1.00. The molecule has 2 aromatic carbocycles. The Morgan fingerprint density at radius 3 is 2.73 bits per heavy atom. The number of nitrogens with zero attached hydrogens (tertiary/aromatic N) is 2. The molecule has 0 radical (unpaired) electrons. The zero-order valence-electron chi connectivity index (χ0n) is 17.3. The summed E-state index contributed by atoms with van der Waals surface area (Å²) < 4.78 is 6.09. The van der Waals surface area contributed by atoms with Crippen LogP contribution in [0, 0.1) is 13.8 Å². The number of nitrogens with one attached hydrogen (secondary N) is 1. The van der Waals surface area contributed by atoms with E-state index < -0.39 is 0 Å². The molecular weight excluding hydrogens is 374 g/mol. The van der Waals surface area contributed by atoms with Gasteiger partial charge in [0.2, 0.25) is 5.91 Å². The molecule has 152 valence electrons. The molecule has 5 rings (SSSR count).